The topological polar surface area (TPSA) is 55.6 Å². The minimum absolute atomic E-state index is 0.0140. The van der Waals surface area contributed by atoms with Crippen LogP contribution in [0.5, 0.6) is 5.75 Å². The van der Waals surface area contributed by atoms with Crippen molar-refractivity contribution >= 4 is 17.5 Å². The maximum atomic E-state index is 12.6. The third kappa shape index (κ3) is 3.90. The standard InChI is InChI=1S/C22H21ClN2O3/c1-14-9-15(2)11-18(10-14)27-13-21(26)25-8-7-19-20(12-25)24-28-22(19)16-3-5-17(23)6-4-16/h3-6,9-11H,7-8,12-13H2,1-2H3. The molecule has 2 aromatic carbocycles. The summed E-state index contributed by atoms with van der Waals surface area (Å²) in [6.45, 7) is 5.08. The summed E-state index contributed by atoms with van der Waals surface area (Å²) < 4.78 is 11.3. The molecule has 144 valence electrons. The molecule has 0 N–H and O–H groups in total. The first-order valence-electron chi connectivity index (χ1n) is 9.22. The smallest absolute Gasteiger partial charge is 0.260 e. The lowest BCUT2D eigenvalue weighted by Gasteiger charge is -2.26. The Morgan fingerprint density at radius 3 is 2.61 bits per heavy atom. The first-order chi connectivity index (χ1) is 13.5. The average molecular weight is 397 g/mol. The lowest BCUT2D eigenvalue weighted by atomic mass is 10.0. The second kappa shape index (κ2) is 7.68. The fourth-order valence-electron chi connectivity index (χ4n) is 3.52. The van der Waals surface area contributed by atoms with Crippen molar-refractivity contribution in [1.82, 2.24) is 10.1 Å². The Kier molecular flexibility index (Phi) is 5.09. The van der Waals surface area contributed by atoms with Crippen molar-refractivity contribution in [3.63, 3.8) is 0 Å². The van der Waals surface area contributed by atoms with Gasteiger partial charge >= 0.3 is 0 Å². The monoisotopic (exact) mass is 396 g/mol. The van der Waals surface area contributed by atoms with E-state index in [1.165, 1.54) is 0 Å². The van der Waals surface area contributed by atoms with Crippen molar-refractivity contribution in [2.45, 2.75) is 26.8 Å². The van der Waals surface area contributed by atoms with Crippen LogP contribution < -0.4 is 4.74 Å². The highest BCUT2D eigenvalue weighted by Crippen LogP contribution is 2.31. The van der Waals surface area contributed by atoms with Gasteiger partial charge in [0.2, 0.25) is 0 Å². The van der Waals surface area contributed by atoms with E-state index in [4.69, 9.17) is 20.9 Å². The van der Waals surface area contributed by atoms with Crippen molar-refractivity contribution in [2.75, 3.05) is 13.2 Å². The Hall–Kier alpha value is -2.79. The molecule has 0 bridgehead atoms. The summed E-state index contributed by atoms with van der Waals surface area (Å²) in [5.74, 6) is 1.42. The van der Waals surface area contributed by atoms with E-state index in [0.717, 1.165) is 39.5 Å². The van der Waals surface area contributed by atoms with Gasteiger partial charge in [-0.3, -0.25) is 4.79 Å². The lowest BCUT2D eigenvalue weighted by molar-refractivity contribution is -0.134. The molecule has 28 heavy (non-hydrogen) atoms. The Labute approximate surface area is 168 Å². The zero-order valence-corrected chi connectivity index (χ0v) is 16.6. The van der Waals surface area contributed by atoms with Crippen LogP contribution in [-0.2, 0) is 17.8 Å². The highest BCUT2D eigenvalue weighted by atomic mass is 35.5. The van der Waals surface area contributed by atoms with Crippen LogP contribution in [0.1, 0.15) is 22.4 Å². The first-order valence-corrected chi connectivity index (χ1v) is 9.59. The summed E-state index contributed by atoms with van der Waals surface area (Å²) in [5.41, 5.74) is 5.03. The maximum Gasteiger partial charge on any atom is 0.260 e. The number of rotatable bonds is 4. The molecule has 5 nitrogen and oxygen atoms in total. The normalized spacial score (nSPS) is 13.3. The number of hydrogen-bond donors (Lipinski definition) is 0. The second-order valence-corrected chi connectivity index (χ2v) is 7.56. The van der Waals surface area contributed by atoms with Crippen LogP contribution in [-0.4, -0.2) is 29.1 Å². The van der Waals surface area contributed by atoms with E-state index in [-0.39, 0.29) is 12.5 Å². The molecular weight excluding hydrogens is 376 g/mol. The fraction of sp³-hybridized carbons (Fsp3) is 0.273. The zero-order valence-electron chi connectivity index (χ0n) is 15.9. The van der Waals surface area contributed by atoms with Crippen LogP contribution in [0.3, 0.4) is 0 Å². The predicted molar refractivity (Wildman–Crippen MR) is 107 cm³/mol. The van der Waals surface area contributed by atoms with Gasteiger partial charge in [-0.25, -0.2) is 0 Å². The Balaban J connectivity index is 1.42. The molecule has 6 heteroatoms. The van der Waals surface area contributed by atoms with Gasteiger partial charge in [0.05, 0.1) is 6.54 Å². The Morgan fingerprint density at radius 2 is 1.89 bits per heavy atom. The van der Waals surface area contributed by atoms with Crippen molar-refractivity contribution in [3.05, 3.63) is 69.9 Å². The molecule has 1 aliphatic heterocycles. The van der Waals surface area contributed by atoms with Gasteiger partial charge in [0.15, 0.2) is 12.4 Å². The van der Waals surface area contributed by atoms with E-state index >= 15 is 0 Å². The predicted octanol–water partition coefficient (Wildman–Crippen LogP) is 4.58. The van der Waals surface area contributed by atoms with E-state index in [9.17, 15) is 4.79 Å². The zero-order chi connectivity index (χ0) is 19.7. The van der Waals surface area contributed by atoms with Crippen LogP contribution in [0, 0.1) is 13.8 Å². The number of halogens is 1. The summed E-state index contributed by atoms with van der Waals surface area (Å²) in [5, 5.41) is 4.87. The van der Waals surface area contributed by atoms with Crippen LogP contribution >= 0.6 is 11.6 Å². The van der Waals surface area contributed by atoms with E-state index in [2.05, 4.69) is 11.2 Å². The summed E-state index contributed by atoms with van der Waals surface area (Å²) in [7, 11) is 0. The Morgan fingerprint density at radius 1 is 1.18 bits per heavy atom. The average Bonchev–Trinajstić information content (AvgIpc) is 3.09. The minimum Gasteiger partial charge on any atom is -0.484 e. The van der Waals surface area contributed by atoms with Crippen molar-refractivity contribution < 1.29 is 14.1 Å². The molecule has 0 atom stereocenters. The molecular formula is C22H21ClN2O3. The van der Waals surface area contributed by atoms with Gasteiger partial charge in [-0.2, -0.15) is 0 Å². The first kappa shape index (κ1) is 18.6. The van der Waals surface area contributed by atoms with Gasteiger partial charge in [-0.05, 0) is 67.8 Å². The number of aromatic nitrogens is 1. The van der Waals surface area contributed by atoms with Crippen molar-refractivity contribution in [1.29, 1.82) is 0 Å². The molecule has 0 radical (unpaired) electrons. The van der Waals surface area contributed by atoms with Crippen molar-refractivity contribution in [3.8, 4) is 17.1 Å². The number of ether oxygens (including phenoxy) is 1. The SMILES string of the molecule is Cc1cc(C)cc(OCC(=O)N2CCc3c(noc3-c3ccc(Cl)cc3)C2)c1. The van der Waals surface area contributed by atoms with Crippen LogP contribution in [0.25, 0.3) is 11.3 Å². The number of carbonyl (C=O) groups excluding carboxylic acids is 1. The summed E-state index contributed by atoms with van der Waals surface area (Å²) in [6, 6.07) is 13.4. The number of hydrogen-bond acceptors (Lipinski definition) is 4. The molecule has 0 fully saturated rings. The lowest BCUT2D eigenvalue weighted by Crippen LogP contribution is -2.38. The number of carbonyl (C=O) groups is 1. The molecule has 4 rings (SSSR count). The van der Waals surface area contributed by atoms with Gasteiger partial charge in [-0.15, -0.1) is 0 Å². The van der Waals surface area contributed by atoms with E-state index in [1.807, 2.05) is 50.2 Å². The molecule has 0 aliphatic carbocycles. The molecule has 0 unspecified atom stereocenters. The van der Waals surface area contributed by atoms with Crippen molar-refractivity contribution in [2.24, 2.45) is 0 Å². The molecule has 3 aromatic rings. The Bertz CT molecular complexity index is 991. The molecule has 0 saturated heterocycles. The number of benzene rings is 2. The quantitative estimate of drug-likeness (QED) is 0.648. The molecule has 0 saturated carbocycles. The highest BCUT2D eigenvalue weighted by molar-refractivity contribution is 6.30. The largest absolute Gasteiger partial charge is 0.484 e. The van der Waals surface area contributed by atoms with Gasteiger partial charge in [0.1, 0.15) is 11.4 Å². The van der Waals surface area contributed by atoms with Gasteiger partial charge in [0, 0.05) is 22.7 Å². The third-order valence-corrected chi connectivity index (χ3v) is 5.11. The molecule has 1 aliphatic rings. The number of amides is 1. The van der Waals surface area contributed by atoms with E-state index < -0.39 is 0 Å². The second-order valence-electron chi connectivity index (χ2n) is 7.12. The third-order valence-electron chi connectivity index (χ3n) is 4.86. The number of nitrogens with zero attached hydrogens (tertiary/aromatic N) is 2. The molecule has 2 heterocycles. The number of aryl methyl sites for hydroxylation is 2. The van der Waals surface area contributed by atoms with Gasteiger partial charge in [-0.1, -0.05) is 22.8 Å². The summed E-state index contributed by atoms with van der Waals surface area (Å²) in [4.78, 5) is 14.4. The van der Waals surface area contributed by atoms with Crippen LogP contribution in [0.2, 0.25) is 5.02 Å². The highest BCUT2D eigenvalue weighted by Gasteiger charge is 2.27. The maximum absolute atomic E-state index is 12.6. The molecule has 0 spiro atoms. The number of fused-ring (bicyclic) bond motifs is 1. The van der Waals surface area contributed by atoms with E-state index in [1.54, 1.807) is 4.90 Å². The fourth-order valence-corrected chi connectivity index (χ4v) is 3.65. The summed E-state index contributed by atoms with van der Waals surface area (Å²) in [6.07, 6.45) is 0.700. The van der Waals surface area contributed by atoms with Crippen LogP contribution in [0.15, 0.2) is 47.0 Å². The summed E-state index contributed by atoms with van der Waals surface area (Å²) >= 11 is 5.96. The molecule has 1 amide bonds. The van der Waals surface area contributed by atoms with Gasteiger partial charge in [0.25, 0.3) is 5.91 Å². The van der Waals surface area contributed by atoms with Crippen LogP contribution in [0.4, 0.5) is 0 Å². The van der Waals surface area contributed by atoms with Gasteiger partial charge < -0.3 is 14.2 Å². The molecule has 1 aromatic heterocycles. The van der Waals surface area contributed by atoms with E-state index in [0.29, 0.717) is 24.5 Å². The minimum atomic E-state index is -0.0548.